The standard InChI is InChI=1S/C27H27N3O7S/c1-17(26(32)29-21-10-8-20(9-11-21)28-18(2)31)37-27(33)23-16-22(12-13-25(23)36-3)38(34,35)30-15-14-19-6-4-5-7-24(19)30/h4-13,16-17H,14-15H2,1-3H3,(H,28,31)(H,29,32). The molecule has 1 aliphatic heterocycles. The number of amides is 2. The van der Waals surface area contributed by atoms with Crippen LogP contribution < -0.4 is 19.7 Å². The molecule has 38 heavy (non-hydrogen) atoms. The minimum absolute atomic E-state index is 0.0988. The van der Waals surface area contributed by atoms with E-state index in [1.165, 1.54) is 43.5 Å². The van der Waals surface area contributed by atoms with E-state index in [9.17, 15) is 22.8 Å². The number of benzene rings is 3. The third-order valence-electron chi connectivity index (χ3n) is 5.95. The number of esters is 1. The van der Waals surface area contributed by atoms with Gasteiger partial charge in [-0.05, 0) is 67.4 Å². The Bertz CT molecular complexity index is 1490. The molecule has 1 heterocycles. The fourth-order valence-electron chi connectivity index (χ4n) is 4.05. The van der Waals surface area contributed by atoms with Gasteiger partial charge in [0.2, 0.25) is 5.91 Å². The van der Waals surface area contributed by atoms with Crippen LogP contribution in [0.25, 0.3) is 0 Å². The van der Waals surface area contributed by atoms with Crippen LogP contribution in [0.2, 0.25) is 0 Å². The van der Waals surface area contributed by atoms with Gasteiger partial charge >= 0.3 is 5.97 Å². The number of methoxy groups -OCH3 is 1. The summed E-state index contributed by atoms with van der Waals surface area (Å²) in [7, 11) is -2.62. The fourth-order valence-corrected chi connectivity index (χ4v) is 5.58. The number of sulfonamides is 1. The van der Waals surface area contributed by atoms with Crippen LogP contribution in [0.4, 0.5) is 17.1 Å². The summed E-state index contributed by atoms with van der Waals surface area (Å²) in [6.45, 7) is 3.07. The number of anilines is 3. The van der Waals surface area contributed by atoms with Crippen LogP contribution in [0.15, 0.2) is 71.6 Å². The minimum atomic E-state index is -3.97. The van der Waals surface area contributed by atoms with Crippen molar-refractivity contribution in [2.24, 2.45) is 0 Å². The Hall–Kier alpha value is -4.38. The third-order valence-corrected chi connectivity index (χ3v) is 7.76. The van der Waals surface area contributed by atoms with Gasteiger partial charge in [0.05, 0.1) is 17.7 Å². The summed E-state index contributed by atoms with van der Waals surface area (Å²) in [6, 6.07) is 17.6. The van der Waals surface area contributed by atoms with Crippen molar-refractivity contribution < 1.29 is 32.3 Å². The number of ether oxygens (including phenoxy) is 2. The van der Waals surface area contributed by atoms with Gasteiger partial charge in [0, 0.05) is 24.8 Å². The second kappa shape index (κ2) is 10.9. The van der Waals surface area contributed by atoms with Crippen molar-refractivity contribution in [3.05, 3.63) is 77.9 Å². The molecule has 3 aromatic carbocycles. The molecule has 0 fully saturated rings. The van der Waals surface area contributed by atoms with Crippen LogP contribution in [0, 0.1) is 0 Å². The largest absolute Gasteiger partial charge is 0.496 e. The highest BCUT2D eigenvalue weighted by atomic mass is 32.2. The topological polar surface area (TPSA) is 131 Å². The first-order valence-corrected chi connectivity index (χ1v) is 13.2. The molecule has 1 unspecified atom stereocenters. The zero-order chi connectivity index (χ0) is 27.4. The Kier molecular flexibility index (Phi) is 7.67. The molecule has 0 spiro atoms. The van der Waals surface area contributed by atoms with E-state index in [0.717, 1.165) is 5.56 Å². The molecule has 1 atom stereocenters. The van der Waals surface area contributed by atoms with Gasteiger partial charge in [0.1, 0.15) is 11.3 Å². The van der Waals surface area contributed by atoms with E-state index in [2.05, 4.69) is 10.6 Å². The van der Waals surface area contributed by atoms with Crippen molar-refractivity contribution in [2.75, 3.05) is 28.6 Å². The lowest BCUT2D eigenvalue weighted by molar-refractivity contribution is -0.123. The number of rotatable bonds is 8. The van der Waals surface area contributed by atoms with Crippen molar-refractivity contribution in [1.82, 2.24) is 0 Å². The number of hydrogen-bond acceptors (Lipinski definition) is 7. The quantitative estimate of drug-likeness (QED) is 0.420. The monoisotopic (exact) mass is 537 g/mol. The summed E-state index contributed by atoms with van der Waals surface area (Å²) in [6.07, 6.45) is -0.615. The van der Waals surface area contributed by atoms with E-state index in [-0.39, 0.29) is 28.7 Å². The van der Waals surface area contributed by atoms with E-state index in [1.807, 2.05) is 12.1 Å². The number of carbonyl (C=O) groups excluding carboxylic acids is 3. The van der Waals surface area contributed by atoms with Crippen LogP contribution in [0.1, 0.15) is 29.8 Å². The van der Waals surface area contributed by atoms with Gasteiger partial charge in [-0.2, -0.15) is 0 Å². The highest BCUT2D eigenvalue weighted by Gasteiger charge is 2.32. The van der Waals surface area contributed by atoms with Gasteiger partial charge in [0.25, 0.3) is 15.9 Å². The number of nitrogens with one attached hydrogen (secondary N) is 2. The molecule has 0 aromatic heterocycles. The maximum Gasteiger partial charge on any atom is 0.342 e. The predicted molar refractivity (Wildman–Crippen MR) is 142 cm³/mol. The molecule has 0 aliphatic carbocycles. The first-order chi connectivity index (χ1) is 18.1. The van der Waals surface area contributed by atoms with Crippen molar-refractivity contribution in [3.8, 4) is 5.75 Å². The summed E-state index contributed by atoms with van der Waals surface area (Å²) >= 11 is 0. The van der Waals surface area contributed by atoms with Gasteiger partial charge in [-0.3, -0.25) is 13.9 Å². The van der Waals surface area contributed by atoms with E-state index in [0.29, 0.717) is 23.5 Å². The van der Waals surface area contributed by atoms with E-state index >= 15 is 0 Å². The van der Waals surface area contributed by atoms with E-state index < -0.39 is 28.0 Å². The van der Waals surface area contributed by atoms with E-state index in [1.54, 1.807) is 36.4 Å². The van der Waals surface area contributed by atoms with Crippen LogP contribution in [0.3, 0.4) is 0 Å². The average molecular weight is 538 g/mol. The number of para-hydroxylation sites is 1. The normalized spacial score (nSPS) is 13.3. The van der Waals surface area contributed by atoms with Gasteiger partial charge in [-0.15, -0.1) is 0 Å². The molecular weight excluding hydrogens is 510 g/mol. The minimum Gasteiger partial charge on any atom is -0.496 e. The molecule has 2 N–H and O–H groups in total. The van der Waals surface area contributed by atoms with Gasteiger partial charge in [-0.25, -0.2) is 13.2 Å². The first-order valence-electron chi connectivity index (χ1n) is 11.8. The van der Waals surface area contributed by atoms with Crippen molar-refractivity contribution in [3.63, 3.8) is 0 Å². The third kappa shape index (κ3) is 5.62. The van der Waals surface area contributed by atoms with Gasteiger partial charge in [0.15, 0.2) is 6.10 Å². The van der Waals surface area contributed by atoms with Crippen LogP contribution >= 0.6 is 0 Å². The van der Waals surface area contributed by atoms with Crippen LogP contribution in [-0.4, -0.2) is 46.0 Å². The number of nitrogens with zero attached hydrogens (tertiary/aromatic N) is 1. The zero-order valence-corrected chi connectivity index (χ0v) is 21.9. The van der Waals surface area contributed by atoms with Gasteiger partial charge < -0.3 is 20.1 Å². The Balaban J connectivity index is 1.49. The van der Waals surface area contributed by atoms with Crippen LogP contribution in [-0.2, 0) is 30.8 Å². The lowest BCUT2D eigenvalue weighted by atomic mass is 10.2. The number of carbonyl (C=O) groups is 3. The SMILES string of the molecule is COc1ccc(S(=O)(=O)N2CCc3ccccc32)cc1C(=O)OC(C)C(=O)Nc1ccc(NC(C)=O)cc1. The van der Waals surface area contributed by atoms with Crippen molar-refractivity contribution in [2.45, 2.75) is 31.3 Å². The summed E-state index contributed by atoms with van der Waals surface area (Å²) in [5, 5.41) is 5.25. The highest BCUT2D eigenvalue weighted by Crippen LogP contribution is 2.34. The summed E-state index contributed by atoms with van der Waals surface area (Å²) < 4.78 is 38.8. The molecule has 1 aliphatic rings. The average Bonchev–Trinajstić information content (AvgIpc) is 3.34. The molecule has 11 heteroatoms. The van der Waals surface area contributed by atoms with Crippen molar-refractivity contribution >= 4 is 44.9 Å². The van der Waals surface area contributed by atoms with Gasteiger partial charge in [-0.1, -0.05) is 18.2 Å². The summed E-state index contributed by atoms with van der Waals surface area (Å²) in [4.78, 5) is 36.7. The smallest absolute Gasteiger partial charge is 0.342 e. The highest BCUT2D eigenvalue weighted by molar-refractivity contribution is 7.92. The molecular formula is C27H27N3O7S. The first kappa shape index (κ1) is 26.7. The second-order valence-electron chi connectivity index (χ2n) is 8.61. The molecule has 2 amide bonds. The maximum absolute atomic E-state index is 13.4. The molecule has 198 valence electrons. The molecule has 3 aromatic rings. The lowest BCUT2D eigenvalue weighted by Gasteiger charge is -2.20. The Labute approximate surface area is 220 Å². The molecule has 4 rings (SSSR count). The number of hydrogen-bond donors (Lipinski definition) is 2. The number of fused-ring (bicyclic) bond motifs is 1. The maximum atomic E-state index is 13.4. The van der Waals surface area contributed by atoms with E-state index in [4.69, 9.17) is 9.47 Å². The second-order valence-corrected chi connectivity index (χ2v) is 10.5. The van der Waals surface area contributed by atoms with Crippen molar-refractivity contribution in [1.29, 1.82) is 0 Å². The Morgan fingerprint density at radius 3 is 2.26 bits per heavy atom. The summed E-state index contributed by atoms with van der Waals surface area (Å²) in [5.74, 6) is -1.62. The Morgan fingerprint density at radius 2 is 1.61 bits per heavy atom. The summed E-state index contributed by atoms with van der Waals surface area (Å²) in [5.41, 5.74) is 2.40. The lowest BCUT2D eigenvalue weighted by Crippen LogP contribution is -2.31. The predicted octanol–water partition coefficient (Wildman–Crippen LogP) is 3.59. The molecule has 0 bridgehead atoms. The van der Waals surface area contributed by atoms with Crippen LogP contribution in [0.5, 0.6) is 5.75 Å². The fraction of sp³-hybridized carbons (Fsp3) is 0.222. The molecule has 0 radical (unpaired) electrons. The molecule has 0 saturated carbocycles. The molecule has 0 saturated heterocycles. The molecule has 10 nitrogen and oxygen atoms in total. The Morgan fingerprint density at radius 1 is 0.947 bits per heavy atom. The zero-order valence-electron chi connectivity index (χ0n) is 21.1.